The molecule has 31 heavy (non-hydrogen) atoms. The van der Waals surface area contributed by atoms with Crippen LogP contribution in [0.3, 0.4) is 0 Å². The van der Waals surface area contributed by atoms with Gasteiger partial charge in [0.05, 0.1) is 12.6 Å². The summed E-state index contributed by atoms with van der Waals surface area (Å²) < 4.78 is 5.42. The van der Waals surface area contributed by atoms with Crippen LogP contribution in [-0.2, 0) is 9.53 Å². The van der Waals surface area contributed by atoms with Gasteiger partial charge in [0.15, 0.2) is 0 Å². The minimum Gasteiger partial charge on any atom is -0.444 e. The molecule has 2 aromatic rings. The third-order valence-electron chi connectivity index (χ3n) is 5.07. The van der Waals surface area contributed by atoms with Crippen LogP contribution >= 0.6 is 11.6 Å². The Bertz CT molecular complexity index is 927. The molecule has 2 heterocycles. The van der Waals surface area contributed by atoms with E-state index in [9.17, 15) is 14.7 Å². The fourth-order valence-electron chi connectivity index (χ4n) is 3.58. The van der Waals surface area contributed by atoms with E-state index in [1.807, 2.05) is 36.4 Å². The van der Waals surface area contributed by atoms with Crippen LogP contribution in [0.2, 0.25) is 5.15 Å². The monoisotopic (exact) mass is 445 g/mol. The molecule has 1 aliphatic rings. The maximum absolute atomic E-state index is 12.9. The number of likely N-dealkylation sites (tertiary alicyclic amines) is 1. The van der Waals surface area contributed by atoms with Crippen LogP contribution in [0.15, 0.2) is 42.6 Å². The van der Waals surface area contributed by atoms with Crippen molar-refractivity contribution in [3.05, 3.63) is 53.3 Å². The second kappa shape index (κ2) is 9.66. The second-order valence-corrected chi connectivity index (χ2v) is 8.90. The van der Waals surface area contributed by atoms with Crippen molar-refractivity contribution >= 4 is 23.6 Å². The minimum absolute atomic E-state index is 0.266. The molecule has 1 fully saturated rings. The zero-order chi connectivity index (χ0) is 22.6. The van der Waals surface area contributed by atoms with Gasteiger partial charge in [0, 0.05) is 18.3 Å². The Hall–Kier alpha value is -2.64. The molecule has 8 heteroatoms. The van der Waals surface area contributed by atoms with Gasteiger partial charge in [-0.25, -0.2) is 9.78 Å². The van der Waals surface area contributed by atoms with E-state index in [2.05, 4.69) is 10.3 Å². The Kier molecular flexibility index (Phi) is 7.18. The summed E-state index contributed by atoms with van der Waals surface area (Å²) in [4.78, 5) is 30.9. The van der Waals surface area contributed by atoms with Crippen LogP contribution in [0, 0.1) is 0 Å². The molecular weight excluding hydrogens is 418 g/mol. The number of nitrogens with zero attached hydrogens (tertiary/aromatic N) is 2. The van der Waals surface area contributed by atoms with Gasteiger partial charge in [-0.05, 0) is 56.9 Å². The van der Waals surface area contributed by atoms with Gasteiger partial charge >= 0.3 is 6.09 Å². The SMILES string of the molecule is CC(C)(C)OC(=O)N1CCCC1C(=O)NC(CO)c1ccc(-c2cccnc2Cl)cc1. The summed E-state index contributed by atoms with van der Waals surface area (Å²) in [5.74, 6) is -0.304. The van der Waals surface area contributed by atoms with Crippen LogP contribution in [0.5, 0.6) is 0 Å². The highest BCUT2D eigenvalue weighted by atomic mass is 35.5. The summed E-state index contributed by atoms with van der Waals surface area (Å²) in [5.41, 5.74) is 1.81. The van der Waals surface area contributed by atoms with Gasteiger partial charge in [0.1, 0.15) is 16.8 Å². The van der Waals surface area contributed by atoms with Crippen LogP contribution in [-0.4, -0.2) is 51.8 Å². The number of benzene rings is 1. The number of aromatic nitrogens is 1. The molecule has 2 unspecified atom stereocenters. The number of nitrogens with one attached hydrogen (secondary N) is 1. The number of aliphatic hydroxyl groups excluding tert-OH is 1. The lowest BCUT2D eigenvalue weighted by Crippen LogP contribution is -2.48. The molecule has 0 spiro atoms. The summed E-state index contributed by atoms with van der Waals surface area (Å²) in [6.07, 6.45) is 2.41. The van der Waals surface area contributed by atoms with Crippen LogP contribution in [0.1, 0.15) is 45.2 Å². The predicted octanol–water partition coefficient (Wildman–Crippen LogP) is 3.95. The number of rotatable bonds is 5. The predicted molar refractivity (Wildman–Crippen MR) is 119 cm³/mol. The first-order valence-corrected chi connectivity index (χ1v) is 10.7. The van der Waals surface area contributed by atoms with Gasteiger partial charge in [0.2, 0.25) is 5.91 Å². The zero-order valence-corrected chi connectivity index (χ0v) is 18.7. The smallest absolute Gasteiger partial charge is 0.410 e. The van der Waals surface area contributed by atoms with E-state index in [0.29, 0.717) is 18.1 Å². The average Bonchev–Trinajstić information content (AvgIpc) is 3.22. The fourth-order valence-corrected chi connectivity index (χ4v) is 3.81. The quantitative estimate of drug-likeness (QED) is 0.680. The summed E-state index contributed by atoms with van der Waals surface area (Å²) in [5, 5.41) is 13.2. The first-order chi connectivity index (χ1) is 14.7. The largest absolute Gasteiger partial charge is 0.444 e. The Labute approximate surface area is 187 Å². The maximum Gasteiger partial charge on any atom is 0.410 e. The van der Waals surface area contributed by atoms with E-state index in [0.717, 1.165) is 23.1 Å². The van der Waals surface area contributed by atoms with Crippen LogP contribution in [0.4, 0.5) is 4.79 Å². The summed E-state index contributed by atoms with van der Waals surface area (Å²) >= 11 is 6.16. The molecule has 1 aromatic heterocycles. The summed E-state index contributed by atoms with van der Waals surface area (Å²) in [7, 11) is 0. The number of amides is 2. The molecule has 7 nitrogen and oxygen atoms in total. The average molecular weight is 446 g/mol. The third-order valence-corrected chi connectivity index (χ3v) is 5.37. The van der Waals surface area contributed by atoms with Gasteiger partial charge in [-0.2, -0.15) is 0 Å². The number of halogens is 1. The lowest BCUT2D eigenvalue weighted by Gasteiger charge is -2.29. The third kappa shape index (κ3) is 5.74. The van der Waals surface area contributed by atoms with Crippen molar-refractivity contribution in [3.63, 3.8) is 0 Å². The number of carbonyl (C=O) groups is 2. The lowest BCUT2D eigenvalue weighted by molar-refractivity contribution is -0.126. The van der Waals surface area contributed by atoms with Gasteiger partial charge in [-0.15, -0.1) is 0 Å². The number of carbonyl (C=O) groups excluding carboxylic acids is 2. The van der Waals surface area contributed by atoms with E-state index in [-0.39, 0.29) is 12.5 Å². The minimum atomic E-state index is -0.632. The molecule has 3 rings (SSSR count). The van der Waals surface area contributed by atoms with Gasteiger partial charge in [-0.3, -0.25) is 9.69 Å². The number of hydrogen-bond acceptors (Lipinski definition) is 5. The lowest BCUT2D eigenvalue weighted by atomic mass is 10.0. The van der Waals surface area contributed by atoms with Crippen molar-refractivity contribution in [1.29, 1.82) is 0 Å². The number of pyridine rings is 1. The van der Waals surface area contributed by atoms with E-state index >= 15 is 0 Å². The number of ether oxygens (including phenoxy) is 1. The highest BCUT2D eigenvalue weighted by Gasteiger charge is 2.37. The van der Waals surface area contributed by atoms with Gasteiger partial charge in [-0.1, -0.05) is 35.9 Å². The highest BCUT2D eigenvalue weighted by molar-refractivity contribution is 6.32. The molecule has 2 amide bonds. The highest BCUT2D eigenvalue weighted by Crippen LogP contribution is 2.27. The molecule has 0 aliphatic carbocycles. The zero-order valence-electron chi connectivity index (χ0n) is 18.0. The standard InChI is InChI=1S/C23H28ClN3O4/c1-23(2,3)31-22(30)27-13-5-7-19(27)21(29)26-18(14-28)16-10-8-15(9-11-16)17-6-4-12-25-20(17)24/h4,6,8-12,18-19,28H,5,7,13-14H2,1-3H3,(H,26,29). The molecule has 1 saturated heterocycles. The molecule has 2 N–H and O–H groups in total. The van der Waals surface area contributed by atoms with Crippen molar-refractivity contribution in [2.45, 2.75) is 51.3 Å². The Balaban J connectivity index is 1.69. The normalized spacial score (nSPS) is 17.3. The Morgan fingerprint density at radius 1 is 1.29 bits per heavy atom. The van der Waals surface area contributed by atoms with Crippen molar-refractivity contribution in [3.8, 4) is 11.1 Å². The van der Waals surface area contributed by atoms with Crippen molar-refractivity contribution in [2.24, 2.45) is 0 Å². The van der Waals surface area contributed by atoms with Crippen molar-refractivity contribution < 1.29 is 19.4 Å². The Morgan fingerprint density at radius 2 is 2.00 bits per heavy atom. The van der Waals surface area contributed by atoms with Gasteiger partial charge in [0.25, 0.3) is 0 Å². The van der Waals surface area contributed by atoms with Crippen molar-refractivity contribution in [2.75, 3.05) is 13.2 Å². The molecular formula is C23H28ClN3O4. The fraction of sp³-hybridized carbons (Fsp3) is 0.435. The molecule has 1 aliphatic heterocycles. The Morgan fingerprint density at radius 3 is 2.61 bits per heavy atom. The van der Waals surface area contributed by atoms with E-state index in [1.165, 1.54) is 4.90 Å². The molecule has 166 valence electrons. The maximum atomic E-state index is 12.9. The van der Waals surface area contributed by atoms with Crippen LogP contribution < -0.4 is 5.32 Å². The van der Waals surface area contributed by atoms with Gasteiger partial charge < -0.3 is 15.2 Å². The van der Waals surface area contributed by atoms with E-state index in [4.69, 9.17) is 16.3 Å². The molecule has 0 radical (unpaired) electrons. The number of hydrogen-bond donors (Lipinski definition) is 2. The van der Waals surface area contributed by atoms with Crippen molar-refractivity contribution in [1.82, 2.24) is 15.2 Å². The van der Waals surface area contributed by atoms with Crippen LogP contribution in [0.25, 0.3) is 11.1 Å². The summed E-state index contributed by atoms with van der Waals surface area (Å²) in [6.45, 7) is 5.58. The summed E-state index contributed by atoms with van der Waals surface area (Å²) in [6, 6.07) is 9.89. The molecule has 1 aromatic carbocycles. The van der Waals surface area contributed by atoms with E-state index < -0.39 is 23.8 Å². The molecule has 0 bridgehead atoms. The molecule has 2 atom stereocenters. The molecule has 0 saturated carbocycles. The first kappa shape index (κ1) is 23.0. The second-order valence-electron chi connectivity index (χ2n) is 8.54. The van der Waals surface area contributed by atoms with E-state index in [1.54, 1.807) is 27.0 Å². The first-order valence-electron chi connectivity index (χ1n) is 10.3. The number of aliphatic hydroxyl groups is 1. The topological polar surface area (TPSA) is 91.8 Å².